The van der Waals surface area contributed by atoms with Crippen molar-refractivity contribution in [2.24, 2.45) is 0 Å². The molecule has 54 valence electrons. The normalized spacial score (nSPS) is 37.6. The van der Waals surface area contributed by atoms with Crippen molar-refractivity contribution in [3.63, 3.8) is 0 Å². The van der Waals surface area contributed by atoms with Crippen molar-refractivity contribution in [3.8, 4) is 0 Å². The third kappa shape index (κ3) is 1.40. The first-order chi connectivity index (χ1) is 4.97. The first kappa shape index (κ1) is 7.18. The number of hydrogen-bond donors (Lipinski definition) is 0. The molecule has 0 amide bonds. The molecule has 0 saturated carbocycles. The van der Waals surface area contributed by atoms with E-state index in [2.05, 4.69) is 24.3 Å². The van der Waals surface area contributed by atoms with Gasteiger partial charge in [0.25, 0.3) is 0 Å². The van der Waals surface area contributed by atoms with Crippen LogP contribution >= 0.6 is 0 Å². The second-order valence-corrected chi connectivity index (χ2v) is 7.53. The van der Waals surface area contributed by atoms with E-state index in [0.717, 1.165) is 39.5 Å². The molecular weight excluding hydrogens is 254 g/mol. The molecule has 10 heavy (non-hydrogen) atoms. The van der Waals surface area contributed by atoms with E-state index in [9.17, 15) is 0 Å². The molecule has 0 aromatic rings. The molecule has 2 unspecified atom stereocenters. The second kappa shape index (κ2) is 3.28. The maximum atomic E-state index is 2.45. The van der Waals surface area contributed by atoms with Crippen LogP contribution in [0.2, 0.25) is 20.3 Å². The Morgan fingerprint density at radius 3 is 1.70 bits per heavy atom. The Labute approximate surface area is 74.5 Å². The zero-order valence-electron chi connectivity index (χ0n) is 5.69. The van der Waals surface area contributed by atoms with Crippen LogP contribution in [0.15, 0.2) is 24.3 Å². The van der Waals surface area contributed by atoms with Crippen LogP contribution < -0.4 is 0 Å². The van der Waals surface area contributed by atoms with Crippen molar-refractivity contribution < 1.29 is 0 Å². The van der Waals surface area contributed by atoms with Crippen molar-refractivity contribution >= 4 is 29.9 Å². The minimum atomic E-state index is 0.904. The quantitative estimate of drug-likeness (QED) is 0.501. The molecule has 2 aliphatic rings. The van der Waals surface area contributed by atoms with Crippen LogP contribution in [-0.4, -0.2) is 29.9 Å². The Kier molecular flexibility index (Phi) is 2.35. The molecule has 2 atom stereocenters. The Bertz CT molecular complexity index is 152. The summed E-state index contributed by atoms with van der Waals surface area (Å²) in [6.07, 6.45) is 9.63. The molecule has 0 aromatic heterocycles. The second-order valence-electron chi connectivity index (χ2n) is 2.45. The predicted octanol–water partition coefficient (Wildman–Crippen LogP) is 1.95. The molecule has 0 radical (unpaired) electrons. The summed E-state index contributed by atoms with van der Waals surface area (Å²) in [5.74, 6) is 0. The monoisotopic (exact) mass is 266 g/mol. The van der Waals surface area contributed by atoms with Gasteiger partial charge < -0.3 is 0 Å². The van der Waals surface area contributed by atoms with Gasteiger partial charge in [-0.3, -0.25) is 0 Å². The number of rotatable bonds is 1. The van der Waals surface area contributed by atoms with Crippen molar-refractivity contribution in [3.05, 3.63) is 24.3 Å². The van der Waals surface area contributed by atoms with Crippen LogP contribution in [-0.2, 0) is 0 Å². The molecule has 0 nitrogen and oxygen atoms in total. The summed E-state index contributed by atoms with van der Waals surface area (Å²) >= 11 is 1.81. The van der Waals surface area contributed by atoms with E-state index in [1.165, 1.54) is 10.6 Å². The Morgan fingerprint density at radius 1 is 0.900 bits per heavy atom. The van der Waals surface area contributed by atoms with E-state index in [1.54, 1.807) is 0 Å². The van der Waals surface area contributed by atoms with Crippen molar-refractivity contribution in [2.45, 2.75) is 20.3 Å². The third-order valence-electron chi connectivity index (χ3n) is 1.75. The van der Waals surface area contributed by atoms with Gasteiger partial charge in [-0.2, -0.15) is 0 Å². The first-order valence-electron chi connectivity index (χ1n) is 3.53. The molecule has 0 aliphatic carbocycles. The van der Waals surface area contributed by atoms with Gasteiger partial charge in [0.1, 0.15) is 0 Å². The van der Waals surface area contributed by atoms with Crippen LogP contribution in [0.4, 0.5) is 0 Å². The van der Waals surface area contributed by atoms with E-state index in [0.29, 0.717) is 0 Å². The van der Waals surface area contributed by atoms with Gasteiger partial charge in [-0.1, -0.05) is 0 Å². The van der Waals surface area contributed by atoms with E-state index in [4.69, 9.17) is 0 Å². The molecule has 0 spiro atoms. The van der Waals surface area contributed by atoms with Gasteiger partial charge in [-0.15, -0.1) is 0 Å². The van der Waals surface area contributed by atoms with Crippen molar-refractivity contribution in [2.75, 3.05) is 0 Å². The zero-order valence-corrected chi connectivity index (χ0v) is 9.12. The van der Waals surface area contributed by atoms with Crippen LogP contribution in [0.1, 0.15) is 0 Å². The molecule has 0 aromatic carbocycles. The summed E-state index contributed by atoms with van der Waals surface area (Å²) in [5.41, 5.74) is 0. The number of hydrogen-bond acceptors (Lipinski definition) is 0. The summed E-state index contributed by atoms with van der Waals surface area (Å²) in [4.78, 5) is 1.96. The van der Waals surface area contributed by atoms with Gasteiger partial charge in [0.2, 0.25) is 0 Å². The van der Waals surface area contributed by atoms with Crippen LogP contribution in [0.25, 0.3) is 0 Å². The van der Waals surface area contributed by atoms with Crippen molar-refractivity contribution in [1.82, 2.24) is 0 Å². The van der Waals surface area contributed by atoms with Gasteiger partial charge in [0.05, 0.1) is 0 Å². The molecular formula is C8H10Se2. The average molecular weight is 264 g/mol. The Morgan fingerprint density at radius 2 is 1.40 bits per heavy atom. The molecule has 0 fully saturated rings. The van der Waals surface area contributed by atoms with E-state index in [-0.39, 0.29) is 0 Å². The molecule has 2 heteroatoms. The summed E-state index contributed by atoms with van der Waals surface area (Å²) in [5, 5.41) is 2.77. The topological polar surface area (TPSA) is 0 Å². The van der Waals surface area contributed by atoms with Crippen LogP contribution in [0.3, 0.4) is 0 Å². The third-order valence-corrected chi connectivity index (χ3v) is 7.74. The maximum absolute atomic E-state index is 2.45. The van der Waals surface area contributed by atoms with E-state index in [1.807, 2.05) is 0 Å². The fourth-order valence-corrected chi connectivity index (χ4v) is 6.92. The fraction of sp³-hybridized carbons (Fsp3) is 0.500. The number of allylic oxidation sites excluding steroid dienone is 4. The summed E-state index contributed by atoms with van der Waals surface area (Å²) < 4.78 is 0. The standard InChI is InChI=1S/C8H10Se2/c1-3-7(9-5-1)8-4-2-6-10-8/h1-4,7-8H,5-6H2. The molecule has 2 rings (SSSR count). The van der Waals surface area contributed by atoms with Gasteiger partial charge in [-0.25, -0.2) is 0 Å². The first-order valence-corrected chi connectivity index (χ1v) is 7.93. The molecule has 2 heterocycles. The summed E-state index contributed by atoms with van der Waals surface area (Å²) in [6.45, 7) is 0. The predicted molar refractivity (Wildman–Crippen MR) is 46.9 cm³/mol. The Balaban J connectivity index is 1.98. The van der Waals surface area contributed by atoms with Crippen LogP contribution in [0.5, 0.6) is 0 Å². The van der Waals surface area contributed by atoms with Crippen LogP contribution in [0, 0.1) is 0 Å². The van der Waals surface area contributed by atoms with E-state index < -0.39 is 0 Å². The van der Waals surface area contributed by atoms with Crippen molar-refractivity contribution in [1.29, 1.82) is 0 Å². The summed E-state index contributed by atoms with van der Waals surface area (Å²) in [6, 6.07) is 0. The zero-order chi connectivity index (χ0) is 6.81. The average Bonchev–Trinajstić information content (AvgIpc) is 2.59. The fourth-order valence-electron chi connectivity index (χ4n) is 1.23. The molecule has 0 N–H and O–H groups in total. The van der Waals surface area contributed by atoms with Gasteiger partial charge in [0, 0.05) is 0 Å². The van der Waals surface area contributed by atoms with Gasteiger partial charge >= 0.3 is 74.5 Å². The Hall–Kier alpha value is 0.519. The summed E-state index contributed by atoms with van der Waals surface area (Å²) in [7, 11) is 0. The minimum absolute atomic E-state index is 0.904. The van der Waals surface area contributed by atoms with Gasteiger partial charge in [0.15, 0.2) is 0 Å². The molecule has 2 aliphatic heterocycles. The molecule has 0 bridgehead atoms. The SMILES string of the molecule is C1=CC(C2C=CC[Se]2)[Se]C1. The van der Waals surface area contributed by atoms with E-state index >= 15 is 0 Å². The van der Waals surface area contributed by atoms with Gasteiger partial charge in [-0.05, 0) is 0 Å². The molecule has 0 saturated heterocycles.